The third-order valence-corrected chi connectivity index (χ3v) is 3.78. The highest BCUT2D eigenvalue weighted by Gasteiger charge is 2.13. The Morgan fingerprint density at radius 2 is 2.00 bits per heavy atom. The van der Waals surface area contributed by atoms with E-state index in [-0.39, 0.29) is 6.10 Å². The summed E-state index contributed by atoms with van der Waals surface area (Å²) in [6, 6.07) is 12.0. The predicted octanol–water partition coefficient (Wildman–Crippen LogP) is 3.12. The van der Waals surface area contributed by atoms with Crippen LogP contribution in [-0.2, 0) is 0 Å². The van der Waals surface area contributed by atoms with Crippen molar-refractivity contribution >= 4 is 27.5 Å². The average molecular weight is 286 g/mol. The van der Waals surface area contributed by atoms with Crippen molar-refractivity contribution in [3.05, 3.63) is 47.3 Å². The molecule has 1 atom stereocenters. The van der Waals surface area contributed by atoms with Crippen LogP contribution in [0.15, 0.2) is 41.8 Å². The van der Waals surface area contributed by atoms with Gasteiger partial charge in [-0.25, -0.2) is 10.8 Å². The van der Waals surface area contributed by atoms with Gasteiger partial charge in [0.25, 0.3) is 0 Å². The lowest BCUT2D eigenvalue weighted by Gasteiger charge is -2.15. The number of nitrogen functional groups attached to an aromatic ring is 1. The number of ether oxygens (including phenoxy) is 1. The van der Waals surface area contributed by atoms with Crippen LogP contribution in [0.1, 0.15) is 18.6 Å². The fraction of sp³-hybridized carbons (Fsp3) is 0.143. The lowest BCUT2D eigenvalue weighted by atomic mass is 10.1. The van der Waals surface area contributed by atoms with Gasteiger partial charge in [-0.3, -0.25) is 5.43 Å². The van der Waals surface area contributed by atoms with E-state index in [9.17, 15) is 0 Å². The van der Waals surface area contributed by atoms with E-state index in [2.05, 4.69) is 15.4 Å². The van der Waals surface area contributed by atoms with Crippen molar-refractivity contribution in [1.29, 1.82) is 0 Å². The van der Waals surface area contributed by atoms with Gasteiger partial charge in [-0.05, 0) is 23.9 Å². The molecule has 0 radical (unpaired) electrons. The lowest BCUT2D eigenvalue weighted by molar-refractivity contribution is 0.221. The largest absolute Gasteiger partial charge is 0.469 e. The Morgan fingerprint density at radius 3 is 2.75 bits per heavy atom. The van der Waals surface area contributed by atoms with Crippen LogP contribution in [0.3, 0.4) is 0 Å². The Labute approximate surface area is 120 Å². The first kappa shape index (κ1) is 12.8. The molecule has 0 aliphatic heterocycles. The summed E-state index contributed by atoms with van der Waals surface area (Å²) >= 11 is 1.53. The molecule has 1 unspecified atom stereocenters. The number of hydrogen-bond acceptors (Lipinski definition) is 6. The maximum Gasteiger partial charge on any atom is 0.241 e. The van der Waals surface area contributed by atoms with Crippen molar-refractivity contribution in [2.24, 2.45) is 5.84 Å². The van der Waals surface area contributed by atoms with Crippen LogP contribution >= 0.6 is 11.3 Å². The molecule has 2 aromatic heterocycles. The summed E-state index contributed by atoms with van der Waals surface area (Å²) in [6.07, 6.45) is -0.0974. The van der Waals surface area contributed by atoms with Crippen LogP contribution in [0.4, 0.5) is 5.95 Å². The number of anilines is 1. The highest BCUT2D eigenvalue weighted by molar-refractivity contribution is 7.16. The minimum absolute atomic E-state index is 0.0974. The fourth-order valence-electron chi connectivity index (χ4n) is 1.94. The van der Waals surface area contributed by atoms with Gasteiger partial charge in [-0.2, -0.15) is 4.98 Å². The van der Waals surface area contributed by atoms with Gasteiger partial charge in [0, 0.05) is 0 Å². The molecule has 102 valence electrons. The van der Waals surface area contributed by atoms with Crippen LogP contribution < -0.4 is 16.0 Å². The zero-order chi connectivity index (χ0) is 13.9. The summed E-state index contributed by atoms with van der Waals surface area (Å²) in [6.45, 7) is 1.99. The van der Waals surface area contributed by atoms with E-state index < -0.39 is 0 Å². The molecule has 6 heteroatoms. The maximum absolute atomic E-state index is 5.97. The molecule has 0 bridgehead atoms. The molecule has 5 nitrogen and oxygen atoms in total. The standard InChI is InChI=1S/C14H14N4OS/c1-9(10-5-3-2-4-6-10)19-12-11-7-8-20-13(11)17-14(16-12)18-15/h2-9H,15H2,1H3,(H,16,17,18). The summed E-state index contributed by atoms with van der Waals surface area (Å²) < 4.78 is 5.97. The quantitative estimate of drug-likeness (QED) is 0.569. The SMILES string of the molecule is CC(Oc1nc(NN)nc2sccc12)c1ccccc1. The van der Waals surface area contributed by atoms with Crippen molar-refractivity contribution in [3.8, 4) is 5.88 Å². The van der Waals surface area contributed by atoms with Gasteiger partial charge < -0.3 is 4.74 Å². The third-order valence-electron chi connectivity index (χ3n) is 2.98. The molecular formula is C14H14N4OS. The third kappa shape index (κ3) is 2.43. The van der Waals surface area contributed by atoms with Crippen molar-refractivity contribution in [2.75, 3.05) is 5.43 Å². The monoisotopic (exact) mass is 286 g/mol. The first-order chi connectivity index (χ1) is 9.78. The van der Waals surface area contributed by atoms with Crippen LogP contribution in [0, 0.1) is 0 Å². The van der Waals surface area contributed by atoms with Gasteiger partial charge in [0.15, 0.2) is 0 Å². The molecule has 0 fully saturated rings. The van der Waals surface area contributed by atoms with Crippen molar-refractivity contribution in [1.82, 2.24) is 9.97 Å². The van der Waals surface area contributed by atoms with E-state index in [1.165, 1.54) is 11.3 Å². The van der Waals surface area contributed by atoms with Crippen LogP contribution in [0.25, 0.3) is 10.2 Å². The molecule has 3 N–H and O–H groups in total. The van der Waals surface area contributed by atoms with Gasteiger partial charge in [0.05, 0.1) is 5.39 Å². The topological polar surface area (TPSA) is 73.1 Å². The average Bonchev–Trinajstić information content (AvgIpc) is 2.96. The maximum atomic E-state index is 5.97. The fourth-order valence-corrected chi connectivity index (χ4v) is 2.70. The normalized spacial score (nSPS) is 12.3. The van der Waals surface area contributed by atoms with Gasteiger partial charge in [-0.1, -0.05) is 30.3 Å². The smallest absolute Gasteiger partial charge is 0.241 e. The summed E-state index contributed by atoms with van der Waals surface area (Å²) in [5.74, 6) is 6.29. The highest BCUT2D eigenvalue weighted by Crippen LogP contribution is 2.30. The second-order valence-electron chi connectivity index (χ2n) is 4.31. The van der Waals surface area contributed by atoms with Gasteiger partial charge in [-0.15, -0.1) is 11.3 Å². The van der Waals surface area contributed by atoms with Gasteiger partial charge in [0.1, 0.15) is 10.9 Å². The predicted molar refractivity (Wildman–Crippen MR) is 80.7 cm³/mol. The van der Waals surface area contributed by atoms with E-state index in [0.29, 0.717) is 11.8 Å². The van der Waals surface area contributed by atoms with Gasteiger partial charge in [0.2, 0.25) is 11.8 Å². The second-order valence-corrected chi connectivity index (χ2v) is 5.20. The van der Waals surface area contributed by atoms with Crippen LogP contribution in [0.2, 0.25) is 0 Å². The van der Waals surface area contributed by atoms with E-state index >= 15 is 0 Å². The number of thiophene rings is 1. The van der Waals surface area contributed by atoms with Crippen molar-refractivity contribution in [3.63, 3.8) is 0 Å². The molecule has 0 aliphatic carbocycles. The van der Waals surface area contributed by atoms with Gasteiger partial charge >= 0.3 is 0 Å². The summed E-state index contributed by atoms with van der Waals surface area (Å²) in [5, 5.41) is 2.86. The second kappa shape index (κ2) is 5.44. The molecule has 2 heterocycles. The minimum Gasteiger partial charge on any atom is -0.469 e. The first-order valence-electron chi connectivity index (χ1n) is 6.21. The molecule has 3 aromatic rings. The molecule has 20 heavy (non-hydrogen) atoms. The Bertz CT molecular complexity index is 714. The van der Waals surface area contributed by atoms with E-state index in [4.69, 9.17) is 10.6 Å². The molecule has 1 aromatic carbocycles. The van der Waals surface area contributed by atoms with E-state index in [1.54, 1.807) is 0 Å². The lowest BCUT2D eigenvalue weighted by Crippen LogP contribution is -2.12. The molecule has 0 saturated heterocycles. The number of benzene rings is 1. The first-order valence-corrected chi connectivity index (χ1v) is 7.09. The van der Waals surface area contributed by atoms with E-state index in [1.807, 2.05) is 48.7 Å². The number of fused-ring (bicyclic) bond motifs is 1. The van der Waals surface area contributed by atoms with Crippen molar-refractivity contribution < 1.29 is 4.74 Å². The summed E-state index contributed by atoms with van der Waals surface area (Å²) in [7, 11) is 0. The Morgan fingerprint density at radius 1 is 1.20 bits per heavy atom. The Kier molecular flexibility index (Phi) is 3.49. The molecule has 0 amide bonds. The molecular weight excluding hydrogens is 272 g/mol. The molecule has 3 rings (SSSR count). The zero-order valence-corrected chi connectivity index (χ0v) is 11.7. The van der Waals surface area contributed by atoms with E-state index in [0.717, 1.165) is 15.8 Å². The number of nitrogens with zero attached hydrogens (tertiary/aromatic N) is 2. The molecule has 0 spiro atoms. The summed E-state index contributed by atoms with van der Waals surface area (Å²) in [5.41, 5.74) is 3.56. The van der Waals surface area contributed by atoms with Crippen LogP contribution in [-0.4, -0.2) is 9.97 Å². The number of rotatable bonds is 4. The van der Waals surface area contributed by atoms with Crippen LogP contribution in [0.5, 0.6) is 5.88 Å². The number of nitrogens with two attached hydrogens (primary N) is 1. The molecule has 0 aliphatic rings. The Hall–Kier alpha value is -2.18. The summed E-state index contributed by atoms with van der Waals surface area (Å²) in [4.78, 5) is 9.43. The molecule has 0 saturated carbocycles. The number of aromatic nitrogens is 2. The number of hydrazine groups is 1. The minimum atomic E-state index is -0.0974. The number of hydrogen-bond donors (Lipinski definition) is 2. The zero-order valence-electron chi connectivity index (χ0n) is 10.9. The highest BCUT2D eigenvalue weighted by atomic mass is 32.1. The Balaban J connectivity index is 1.95. The van der Waals surface area contributed by atoms with Crippen molar-refractivity contribution in [2.45, 2.75) is 13.0 Å². The number of nitrogens with one attached hydrogen (secondary N) is 1.